The van der Waals surface area contributed by atoms with Crippen molar-refractivity contribution in [1.82, 2.24) is 4.90 Å². The number of hydrogen-bond donors (Lipinski definition) is 1. The van der Waals surface area contributed by atoms with Gasteiger partial charge in [-0.2, -0.15) is 0 Å². The van der Waals surface area contributed by atoms with Crippen LogP contribution in [0.1, 0.15) is 56.3 Å². The molecule has 0 radical (unpaired) electrons. The van der Waals surface area contributed by atoms with E-state index in [1.54, 1.807) is 14.0 Å². The van der Waals surface area contributed by atoms with Gasteiger partial charge in [0.25, 0.3) is 0 Å². The third-order valence-corrected chi connectivity index (χ3v) is 4.52. The molecule has 1 N–H and O–H groups in total. The Hall–Kier alpha value is -1.06. The number of nitrogens with zero attached hydrogens (tertiary/aromatic N) is 1. The molecule has 118 valence electrons. The molecule has 3 nitrogen and oxygen atoms in total. The number of methoxy groups -OCH3 is 1. The smallest absolute Gasteiger partial charge is 0.123 e. The summed E-state index contributed by atoms with van der Waals surface area (Å²) in [6.07, 6.45) is 6.49. The molecule has 1 atom stereocenters. The Morgan fingerprint density at radius 1 is 1.29 bits per heavy atom. The van der Waals surface area contributed by atoms with Crippen molar-refractivity contribution in [3.63, 3.8) is 0 Å². The summed E-state index contributed by atoms with van der Waals surface area (Å²) in [5.74, 6) is 1.75. The van der Waals surface area contributed by atoms with Crippen LogP contribution in [0.2, 0.25) is 0 Å². The van der Waals surface area contributed by atoms with Gasteiger partial charge in [0.05, 0.1) is 13.2 Å². The number of ether oxygens (including phenoxy) is 1. The first-order valence-electron chi connectivity index (χ1n) is 8.13. The molecule has 0 aliphatic heterocycles. The second kappa shape index (κ2) is 7.81. The van der Waals surface area contributed by atoms with Crippen LogP contribution < -0.4 is 4.74 Å². The molecular weight excluding hydrogens is 262 g/mol. The van der Waals surface area contributed by atoms with Gasteiger partial charge in [0.1, 0.15) is 5.75 Å². The van der Waals surface area contributed by atoms with Gasteiger partial charge in [-0.25, -0.2) is 0 Å². The molecule has 1 aromatic rings. The zero-order valence-electron chi connectivity index (χ0n) is 13.6. The van der Waals surface area contributed by atoms with E-state index in [2.05, 4.69) is 18.0 Å². The average molecular weight is 291 g/mol. The van der Waals surface area contributed by atoms with Crippen LogP contribution in [0, 0.1) is 5.92 Å². The van der Waals surface area contributed by atoms with Crippen molar-refractivity contribution >= 4 is 0 Å². The van der Waals surface area contributed by atoms with E-state index in [0.717, 1.165) is 35.9 Å². The molecule has 1 fully saturated rings. The highest BCUT2D eigenvalue weighted by atomic mass is 16.5. The molecule has 1 unspecified atom stereocenters. The minimum Gasteiger partial charge on any atom is -0.496 e. The van der Waals surface area contributed by atoms with Crippen LogP contribution in [-0.4, -0.2) is 30.7 Å². The van der Waals surface area contributed by atoms with Crippen LogP contribution in [0.15, 0.2) is 18.2 Å². The summed E-state index contributed by atoms with van der Waals surface area (Å²) in [6, 6.07) is 5.97. The van der Waals surface area contributed by atoms with Crippen molar-refractivity contribution in [2.45, 2.75) is 51.7 Å². The van der Waals surface area contributed by atoms with Gasteiger partial charge in [0.2, 0.25) is 0 Å². The lowest BCUT2D eigenvalue weighted by Gasteiger charge is -2.27. The summed E-state index contributed by atoms with van der Waals surface area (Å²) >= 11 is 0. The van der Waals surface area contributed by atoms with E-state index in [-0.39, 0.29) is 0 Å². The monoisotopic (exact) mass is 291 g/mol. The van der Waals surface area contributed by atoms with Crippen molar-refractivity contribution in [3.8, 4) is 5.75 Å². The summed E-state index contributed by atoms with van der Waals surface area (Å²) < 4.78 is 5.46. The highest BCUT2D eigenvalue weighted by Crippen LogP contribution is 2.27. The van der Waals surface area contributed by atoms with Crippen LogP contribution in [0.5, 0.6) is 5.75 Å². The van der Waals surface area contributed by atoms with Gasteiger partial charge in [0, 0.05) is 18.7 Å². The minimum atomic E-state index is -0.432. The molecular formula is C18H29NO2. The second-order valence-corrected chi connectivity index (χ2v) is 6.45. The Kier molecular flexibility index (Phi) is 6.07. The molecule has 0 aromatic heterocycles. The van der Waals surface area contributed by atoms with E-state index in [0.29, 0.717) is 0 Å². The molecule has 3 heteroatoms. The van der Waals surface area contributed by atoms with Gasteiger partial charge in [-0.15, -0.1) is 0 Å². The summed E-state index contributed by atoms with van der Waals surface area (Å²) in [5, 5.41) is 9.75. The molecule has 1 saturated carbocycles. The topological polar surface area (TPSA) is 32.7 Å². The highest BCUT2D eigenvalue weighted by Gasteiger charge is 2.16. The first-order chi connectivity index (χ1) is 10.1. The maximum atomic E-state index is 9.75. The summed E-state index contributed by atoms with van der Waals surface area (Å²) in [6.45, 7) is 3.83. The third kappa shape index (κ3) is 4.72. The number of rotatable bonds is 6. The molecule has 0 amide bonds. The van der Waals surface area contributed by atoms with Crippen molar-refractivity contribution < 1.29 is 9.84 Å². The fourth-order valence-corrected chi connectivity index (χ4v) is 3.35. The lowest BCUT2D eigenvalue weighted by Crippen LogP contribution is -2.27. The zero-order valence-corrected chi connectivity index (χ0v) is 13.6. The largest absolute Gasteiger partial charge is 0.496 e. The van der Waals surface area contributed by atoms with E-state index >= 15 is 0 Å². The number of benzene rings is 1. The molecule has 2 rings (SSSR count). The fourth-order valence-electron chi connectivity index (χ4n) is 3.35. The van der Waals surface area contributed by atoms with E-state index in [9.17, 15) is 5.11 Å². The van der Waals surface area contributed by atoms with Gasteiger partial charge < -0.3 is 14.7 Å². The van der Waals surface area contributed by atoms with Crippen LogP contribution in [0.3, 0.4) is 0 Å². The van der Waals surface area contributed by atoms with Crippen LogP contribution in [0.4, 0.5) is 0 Å². The molecule has 1 aliphatic rings. The van der Waals surface area contributed by atoms with Gasteiger partial charge in [-0.3, -0.25) is 0 Å². The molecule has 1 aromatic carbocycles. The average Bonchev–Trinajstić information content (AvgIpc) is 2.48. The Morgan fingerprint density at radius 3 is 2.62 bits per heavy atom. The Bertz CT molecular complexity index is 439. The van der Waals surface area contributed by atoms with Crippen molar-refractivity contribution in [1.29, 1.82) is 0 Å². The van der Waals surface area contributed by atoms with E-state index < -0.39 is 6.10 Å². The number of hydrogen-bond acceptors (Lipinski definition) is 3. The first-order valence-corrected chi connectivity index (χ1v) is 8.13. The van der Waals surface area contributed by atoms with Crippen LogP contribution in [-0.2, 0) is 6.54 Å². The van der Waals surface area contributed by atoms with E-state index in [4.69, 9.17) is 4.74 Å². The van der Waals surface area contributed by atoms with Crippen molar-refractivity contribution in [3.05, 3.63) is 29.3 Å². The van der Waals surface area contributed by atoms with E-state index in [1.165, 1.54) is 32.1 Å². The Morgan fingerprint density at radius 2 is 2.00 bits per heavy atom. The van der Waals surface area contributed by atoms with Crippen LogP contribution in [0.25, 0.3) is 0 Å². The first kappa shape index (κ1) is 16.3. The second-order valence-electron chi connectivity index (χ2n) is 6.45. The molecule has 1 aliphatic carbocycles. The Balaban J connectivity index is 2.00. The zero-order chi connectivity index (χ0) is 15.2. The van der Waals surface area contributed by atoms with Crippen molar-refractivity contribution in [2.24, 2.45) is 5.92 Å². The molecule has 0 heterocycles. The lowest BCUT2D eigenvalue weighted by molar-refractivity contribution is 0.198. The lowest BCUT2D eigenvalue weighted by atomic mass is 9.89. The van der Waals surface area contributed by atoms with Gasteiger partial charge in [-0.1, -0.05) is 25.3 Å². The van der Waals surface area contributed by atoms with Gasteiger partial charge >= 0.3 is 0 Å². The van der Waals surface area contributed by atoms with Crippen molar-refractivity contribution in [2.75, 3.05) is 20.7 Å². The fraction of sp³-hybridized carbons (Fsp3) is 0.667. The highest BCUT2D eigenvalue weighted by molar-refractivity contribution is 5.38. The molecule has 0 saturated heterocycles. The minimum absolute atomic E-state index is 0.432. The summed E-state index contributed by atoms with van der Waals surface area (Å²) in [5.41, 5.74) is 2.12. The predicted octanol–water partition coefficient (Wildman–Crippen LogP) is 3.76. The standard InChI is InChI=1S/C18H29NO2/c1-14(20)16-9-10-18(21-3)17(11-16)13-19(2)12-15-7-5-4-6-8-15/h9-11,14-15,20H,4-8,12-13H2,1-3H3. The van der Waals surface area contributed by atoms with E-state index in [1.807, 2.05) is 12.1 Å². The Labute approximate surface area is 128 Å². The molecule has 0 bridgehead atoms. The molecule has 0 spiro atoms. The summed E-state index contributed by atoms with van der Waals surface area (Å²) in [4.78, 5) is 2.39. The predicted molar refractivity (Wildman–Crippen MR) is 86.5 cm³/mol. The normalized spacial score (nSPS) is 18.0. The molecule has 21 heavy (non-hydrogen) atoms. The van der Waals surface area contributed by atoms with Gasteiger partial charge in [-0.05, 0) is 50.4 Å². The number of aliphatic hydroxyl groups excluding tert-OH is 1. The number of aliphatic hydroxyl groups is 1. The maximum absolute atomic E-state index is 9.75. The SMILES string of the molecule is COc1ccc(C(C)O)cc1CN(C)CC1CCCCC1. The maximum Gasteiger partial charge on any atom is 0.123 e. The third-order valence-electron chi connectivity index (χ3n) is 4.52. The summed E-state index contributed by atoms with van der Waals surface area (Å²) in [7, 11) is 3.89. The van der Waals surface area contributed by atoms with Gasteiger partial charge in [0.15, 0.2) is 0 Å². The van der Waals surface area contributed by atoms with Crippen LogP contribution >= 0.6 is 0 Å². The quantitative estimate of drug-likeness (QED) is 0.866.